The van der Waals surface area contributed by atoms with Crippen molar-refractivity contribution in [1.29, 1.82) is 0 Å². The summed E-state index contributed by atoms with van der Waals surface area (Å²) in [5.74, 6) is 1.49. The normalized spacial score (nSPS) is 12.8. The van der Waals surface area contributed by atoms with Gasteiger partial charge in [0.25, 0.3) is 0 Å². The van der Waals surface area contributed by atoms with E-state index in [0.717, 1.165) is 22.6 Å². The summed E-state index contributed by atoms with van der Waals surface area (Å²) >= 11 is 12.2. The number of rotatable bonds is 1. The van der Waals surface area contributed by atoms with Gasteiger partial charge in [-0.15, -0.1) is 0 Å². The van der Waals surface area contributed by atoms with E-state index in [4.69, 9.17) is 32.7 Å². The monoisotopic (exact) mass is 266 g/mol. The Hall–Kier alpha value is -1.38. The van der Waals surface area contributed by atoms with Gasteiger partial charge in [0.15, 0.2) is 11.5 Å². The summed E-state index contributed by atoms with van der Waals surface area (Å²) in [4.78, 5) is 0. The lowest BCUT2D eigenvalue weighted by Gasteiger charge is -2.06. The molecule has 2 aromatic rings. The van der Waals surface area contributed by atoms with E-state index in [1.807, 2.05) is 30.3 Å². The first-order valence-corrected chi connectivity index (χ1v) is 5.85. The molecule has 0 aromatic heterocycles. The van der Waals surface area contributed by atoms with Gasteiger partial charge in [-0.3, -0.25) is 0 Å². The van der Waals surface area contributed by atoms with Crippen LogP contribution in [-0.4, -0.2) is 6.79 Å². The van der Waals surface area contributed by atoms with Crippen molar-refractivity contribution in [2.24, 2.45) is 0 Å². The van der Waals surface area contributed by atoms with Gasteiger partial charge in [-0.05, 0) is 23.8 Å². The summed E-state index contributed by atoms with van der Waals surface area (Å²) < 4.78 is 10.6. The van der Waals surface area contributed by atoms with Crippen LogP contribution in [0.3, 0.4) is 0 Å². The molecule has 3 rings (SSSR count). The van der Waals surface area contributed by atoms with Crippen molar-refractivity contribution in [2.75, 3.05) is 6.79 Å². The molecular formula is C13H8Cl2O2. The van der Waals surface area contributed by atoms with Crippen molar-refractivity contribution in [3.05, 3.63) is 46.4 Å². The molecule has 1 aliphatic heterocycles. The van der Waals surface area contributed by atoms with Gasteiger partial charge in [-0.25, -0.2) is 0 Å². The number of ether oxygens (including phenoxy) is 2. The van der Waals surface area contributed by atoms with Gasteiger partial charge in [0, 0.05) is 5.56 Å². The van der Waals surface area contributed by atoms with Gasteiger partial charge in [0.2, 0.25) is 6.79 Å². The van der Waals surface area contributed by atoms with Gasteiger partial charge in [0.05, 0.1) is 10.0 Å². The Labute approximate surface area is 109 Å². The second kappa shape index (κ2) is 4.13. The Bertz CT molecular complexity index is 582. The molecule has 0 fully saturated rings. The van der Waals surface area contributed by atoms with Crippen molar-refractivity contribution in [3.63, 3.8) is 0 Å². The number of benzene rings is 2. The molecule has 0 radical (unpaired) electrons. The topological polar surface area (TPSA) is 18.5 Å². The molecule has 17 heavy (non-hydrogen) atoms. The zero-order valence-electron chi connectivity index (χ0n) is 8.74. The second-order valence-electron chi connectivity index (χ2n) is 3.67. The summed E-state index contributed by atoms with van der Waals surface area (Å²) in [6.07, 6.45) is 0. The first kappa shape index (κ1) is 10.8. The molecule has 0 saturated carbocycles. The highest BCUT2D eigenvalue weighted by Gasteiger charge is 2.15. The molecule has 2 nitrogen and oxygen atoms in total. The lowest BCUT2D eigenvalue weighted by Crippen LogP contribution is -1.92. The highest BCUT2D eigenvalue weighted by atomic mass is 35.5. The SMILES string of the molecule is Clc1cccc(-c2ccc3c(c2)OCO3)c1Cl. The summed E-state index contributed by atoms with van der Waals surface area (Å²) in [6.45, 7) is 0.266. The van der Waals surface area contributed by atoms with Gasteiger partial charge >= 0.3 is 0 Å². The number of hydrogen-bond donors (Lipinski definition) is 0. The molecule has 0 aliphatic carbocycles. The minimum absolute atomic E-state index is 0.266. The van der Waals surface area contributed by atoms with Crippen LogP contribution < -0.4 is 9.47 Å². The highest BCUT2D eigenvalue weighted by Crippen LogP contribution is 2.39. The van der Waals surface area contributed by atoms with E-state index >= 15 is 0 Å². The van der Waals surface area contributed by atoms with Crippen LogP contribution in [0.25, 0.3) is 11.1 Å². The molecule has 0 bridgehead atoms. The maximum atomic E-state index is 6.17. The van der Waals surface area contributed by atoms with Crippen LogP contribution in [0.1, 0.15) is 0 Å². The fraction of sp³-hybridized carbons (Fsp3) is 0.0769. The molecule has 86 valence electrons. The van der Waals surface area contributed by atoms with Crippen LogP contribution in [0.4, 0.5) is 0 Å². The first-order valence-electron chi connectivity index (χ1n) is 5.10. The fourth-order valence-corrected chi connectivity index (χ4v) is 2.20. The van der Waals surface area contributed by atoms with Gasteiger partial charge in [-0.2, -0.15) is 0 Å². The molecule has 1 heterocycles. The number of fused-ring (bicyclic) bond motifs is 1. The Balaban J connectivity index is 2.13. The molecule has 4 heteroatoms. The van der Waals surface area contributed by atoms with E-state index in [2.05, 4.69) is 0 Å². The average molecular weight is 267 g/mol. The molecule has 1 aliphatic rings. The predicted octanol–water partition coefficient (Wildman–Crippen LogP) is 4.39. The largest absolute Gasteiger partial charge is 0.454 e. The predicted molar refractivity (Wildman–Crippen MR) is 68.0 cm³/mol. The van der Waals surface area contributed by atoms with Crippen LogP contribution in [0, 0.1) is 0 Å². The Kier molecular flexibility index (Phi) is 2.61. The van der Waals surface area contributed by atoms with Crippen LogP contribution in [-0.2, 0) is 0 Å². The minimum Gasteiger partial charge on any atom is -0.454 e. The summed E-state index contributed by atoms with van der Waals surface area (Å²) in [7, 11) is 0. The van der Waals surface area contributed by atoms with Gasteiger partial charge < -0.3 is 9.47 Å². The Morgan fingerprint density at radius 1 is 0.941 bits per heavy atom. The maximum Gasteiger partial charge on any atom is 0.231 e. The zero-order valence-corrected chi connectivity index (χ0v) is 10.3. The Morgan fingerprint density at radius 2 is 1.76 bits per heavy atom. The van der Waals surface area contributed by atoms with E-state index in [1.165, 1.54) is 0 Å². The van der Waals surface area contributed by atoms with Crippen LogP contribution in [0.5, 0.6) is 11.5 Å². The number of halogens is 2. The quantitative estimate of drug-likeness (QED) is 0.762. The van der Waals surface area contributed by atoms with E-state index in [1.54, 1.807) is 6.07 Å². The van der Waals surface area contributed by atoms with Crippen molar-refractivity contribution in [3.8, 4) is 22.6 Å². The zero-order chi connectivity index (χ0) is 11.8. The highest BCUT2D eigenvalue weighted by molar-refractivity contribution is 6.43. The van der Waals surface area contributed by atoms with Crippen LogP contribution >= 0.6 is 23.2 Å². The fourth-order valence-electron chi connectivity index (χ4n) is 1.79. The summed E-state index contributed by atoms with van der Waals surface area (Å²) in [6, 6.07) is 11.3. The summed E-state index contributed by atoms with van der Waals surface area (Å²) in [5, 5.41) is 1.09. The minimum atomic E-state index is 0.266. The van der Waals surface area contributed by atoms with E-state index in [-0.39, 0.29) is 6.79 Å². The molecule has 0 amide bonds. The molecule has 0 saturated heterocycles. The van der Waals surface area contributed by atoms with E-state index in [0.29, 0.717) is 10.0 Å². The van der Waals surface area contributed by atoms with Gasteiger partial charge in [-0.1, -0.05) is 41.4 Å². The molecule has 0 spiro atoms. The molecule has 0 N–H and O–H groups in total. The second-order valence-corrected chi connectivity index (χ2v) is 4.45. The average Bonchev–Trinajstić information content (AvgIpc) is 2.79. The first-order chi connectivity index (χ1) is 8.25. The molecule has 0 atom stereocenters. The van der Waals surface area contributed by atoms with Crippen LogP contribution in [0.2, 0.25) is 10.0 Å². The third kappa shape index (κ3) is 1.84. The van der Waals surface area contributed by atoms with E-state index in [9.17, 15) is 0 Å². The lowest BCUT2D eigenvalue weighted by atomic mass is 10.1. The van der Waals surface area contributed by atoms with Crippen LogP contribution in [0.15, 0.2) is 36.4 Å². The van der Waals surface area contributed by atoms with Crippen molar-refractivity contribution in [2.45, 2.75) is 0 Å². The van der Waals surface area contributed by atoms with Crippen molar-refractivity contribution in [1.82, 2.24) is 0 Å². The third-order valence-corrected chi connectivity index (χ3v) is 3.45. The van der Waals surface area contributed by atoms with E-state index < -0.39 is 0 Å². The van der Waals surface area contributed by atoms with Gasteiger partial charge in [0.1, 0.15) is 0 Å². The lowest BCUT2D eigenvalue weighted by molar-refractivity contribution is 0.174. The molecule has 2 aromatic carbocycles. The summed E-state index contributed by atoms with van der Waals surface area (Å²) in [5.41, 5.74) is 1.85. The molecule has 0 unspecified atom stereocenters. The standard InChI is InChI=1S/C13H8Cl2O2/c14-10-3-1-2-9(13(10)15)8-4-5-11-12(6-8)17-7-16-11/h1-6H,7H2. The van der Waals surface area contributed by atoms with Crippen molar-refractivity contribution < 1.29 is 9.47 Å². The van der Waals surface area contributed by atoms with Crippen molar-refractivity contribution >= 4 is 23.2 Å². The number of hydrogen-bond acceptors (Lipinski definition) is 2. The molecular weight excluding hydrogens is 259 g/mol. The smallest absolute Gasteiger partial charge is 0.231 e. The third-order valence-electron chi connectivity index (χ3n) is 2.64. The Morgan fingerprint density at radius 3 is 2.65 bits per heavy atom. The maximum absolute atomic E-state index is 6.17.